The van der Waals surface area contributed by atoms with Gasteiger partial charge < -0.3 is 9.72 Å². The number of nitrogens with zero attached hydrogens (tertiary/aromatic N) is 2. The molecule has 0 saturated heterocycles. The molecule has 1 heterocycles. The Bertz CT molecular complexity index is 416. The molecule has 0 aliphatic rings. The number of aromatic nitrogens is 2. The lowest BCUT2D eigenvalue weighted by Crippen LogP contribution is -2.40. The molecule has 0 radical (unpaired) electrons. The SMILES string of the molecule is CCC(C)N(CCOC)S(=O)(=O)c1cnc[nH]1. The van der Waals surface area contributed by atoms with Crippen LogP contribution in [0.2, 0.25) is 0 Å². The van der Waals surface area contributed by atoms with E-state index in [0.717, 1.165) is 6.42 Å². The van der Waals surface area contributed by atoms with Crippen LogP contribution in [0.3, 0.4) is 0 Å². The topological polar surface area (TPSA) is 75.3 Å². The highest BCUT2D eigenvalue weighted by Crippen LogP contribution is 2.16. The summed E-state index contributed by atoms with van der Waals surface area (Å²) in [6, 6.07) is -0.0709. The summed E-state index contributed by atoms with van der Waals surface area (Å²) < 4.78 is 31.0. The summed E-state index contributed by atoms with van der Waals surface area (Å²) in [5.41, 5.74) is 0. The first kappa shape index (κ1) is 14.1. The molecule has 0 spiro atoms. The van der Waals surface area contributed by atoms with E-state index in [-0.39, 0.29) is 11.1 Å². The molecular weight excluding hydrogens is 242 g/mol. The first-order valence-electron chi connectivity index (χ1n) is 5.53. The summed E-state index contributed by atoms with van der Waals surface area (Å²) >= 11 is 0. The Hall–Kier alpha value is -0.920. The number of sulfonamides is 1. The lowest BCUT2D eigenvalue weighted by molar-refractivity contribution is 0.167. The van der Waals surface area contributed by atoms with E-state index in [2.05, 4.69) is 9.97 Å². The van der Waals surface area contributed by atoms with E-state index >= 15 is 0 Å². The van der Waals surface area contributed by atoms with Crippen LogP contribution in [0, 0.1) is 0 Å². The van der Waals surface area contributed by atoms with Gasteiger partial charge in [0.15, 0.2) is 5.03 Å². The second-order valence-corrected chi connectivity index (χ2v) is 5.64. The average molecular weight is 261 g/mol. The standard InChI is InChI=1S/C10H19N3O3S/c1-4-9(2)13(5-6-16-3)17(14,15)10-7-11-8-12-10/h7-9H,4-6H2,1-3H3,(H,11,12). The van der Waals surface area contributed by atoms with Crippen molar-refractivity contribution in [1.82, 2.24) is 14.3 Å². The van der Waals surface area contributed by atoms with E-state index in [1.165, 1.54) is 16.8 Å². The van der Waals surface area contributed by atoms with E-state index < -0.39 is 10.0 Å². The number of methoxy groups -OCH3 is 1. The highest BCUT2D eigenvalue weighted by Gasteiger charge is 2.28. The van der Waals surface area contributed by atoms with Crippen molar-refractivity contribution in [2.45, 2.75) is 31.3 Å². The van der Waals surface area contributed by atoms with Crippen LogP contribution in [0.25, 0.3) is 0 Å². The smallest absolute Gasteiger partial charge is 0.260 e. The summed E-state index contributed by atoms with van der Waals surface area (Å²) in [7, 11) is -1.95. The van der Waals surface area contributed by atoms with E-state index in [1.54, 1.807) is 7.11 Å². The zero-order valence-electron chi connectivity index (χ0n) is 10.4. The molecule has 0 aromatic carbocycles. The monoisotopic (exact) mass is 261 g/mol. The maximum Gasteiger partial charge on any atom is 0.260 e. The van der Waals surface area contributed by atoms with E-state index in [4.69, 9.17) is 4.74 Å². The molecule has 1 unspecified atom stereocenters. The second kappa shape index (κ2) is 6.13. The first-order chi connectivity index (χ1) is 8.04. The number of hydrogen-bond acceptors (Lipinski definition) is 4. The van der Waals surface area contributed by atoms with Gasteiger partial charge in [0.05, 0.1) is 19.1 Å². The summed E-state index contributed by atoms with van der Waals surface area (Å²) in [6.07, 6.45) is 3.42. The second-order valence-electron chi connectivity index (χ2n) is 3.78. The Labute approximate surface area is 102 Å². The molecule has 98 valence electrons. The van der Waals surface area contributed by atoms with E-state index in [1.807, 2.05) is 13.8 Å². The number of nitrogens with one attached hydrogen (secondary N) is 1. The van der Waals surface area contributed by atoms with E-state index in [0.29, 0.717) is 13.2 Å². The number of rotatable bonds is 7. The molecule has 1 aromatic rings. The van der Waals surface area contributed by atoms with Crippen molar-refractivity contribution in [3.63, 3.8) is 0 Å². The molecule has 7 heteroatoms. The van der Waals surface area contributed by atoms with Crippen LogP contribution in [-0.2, 0) is 14.8 Å². The van der Waals surface area contributed by atoms with Gasteiger partial charge in [-0.15, -0.1) is 0 Å². The zero-order valence-corrected chi connectivity index (χ0v) is 11.2. The Balaban J connectivity index is 2.96. The van der Waals surface area contributed by atoms with Crippen LogP contribution in [0.4, 0.5) is 0 Å². The van der Waals surface area contributed by atoms with Crippen molar-refractivity contribution in [3.8, 4) is 0 Å². The third kappa shape index (κ3) is 3.27. The Morgan fingerprint density at radius 2 is 2.29 bits per heavy atom. The summed E-state index contributed by atoms with van der Waals surface area (Å²) in [6.45, 7) is 4.54. The predicted octanol–water partition coefficient (Wildman–Crippen LogP) is 0.845. The molecule has 1 aromatic heterocycles. The highest BCUT2D eigenvalue weighted by atomic mass is 32.2. The quantitative estimate of drug-likeness (QED) is 0.789. The van der Waals surface area contributed by atoms with Crippen molar-refractivity contribution in [3.05, 3.63) is 12.5 Å². The Kier molecular flexibility index (Phi) is 5.10. The lowest BCUT2D eigenvalue weighted by Gasteiger charge is -2.26. The molecular formula is C10H19N3O3S. The number of H-pyrrole nitrogens is 1. The van der Waals surface area contributed by atoms with Crippen LogP contribution in [0.5, 0.6) is 0 Å². The highest BCUT2D eigenvalue weighted by molar-refractivity contribution is 7.89. The van der Waals surface area contributed by atoms with Crippen LogP contribution in [-0.4, -0.2) is 49.0 Å². The third-order valence-corrected chi connectivity index (χ3v) is 4.60. The van der Waals surface area contributed by atoms with Gasteiger partial charge in [0.25, 0.3) is 10.0 Å². The number of hydrogen-bond donors (Lipinski definition) is 1. The summed E-state index contributed by atoms with van der Waals surface area (Å²) in [4.78, 5) is 6.38. The van der Waals surface area contributed by atoms with Gasteiger partial charge in [0.1, 0.15) is 0 Å². The van der Waals surface area contributed by atoms with Gasteiger partial charge in [-0.3, -0.25) is 0 Å². The average Bonchev–Trinajstić information content (AvgIpc) is 2.83. The van der Waals surface area contributed by atoms with E-state index in [9.17, 15) is 8.42 Å². The molecule has 1 atom stereocenters. The largest absolute Gasteiger partial charge is 0.383 e. The molecule has 0 bridgehead atoms. The van der Waals surface area contributed by atoms with Crippen LogP contribution < -0.4 is 0 Å². The normalized spacial score (nSPS) is 14.1. The fourth-order valence-corrected chi connectivity index (χ4v) is 3.06. The number of ether oxygens (including phenoxy) is 1. The van der Waals surface area contributed by atoms with Gasteiger partial charge >= 0.3 is 0 Å². The summed E-state index contributed by atoms with van der Waals surface area (Å²) in [5, 5.41) is 0.119. The van der Waals surface area contributed by atoms with Gasteiger partial charge in [-0.2, -0.15) is 4.31 Å². The Morgan fingerprint density at radius 1 is 1.59 bits per heavy atom. The fourth-order valence-electron chi connectivity index (χ4n) is 1.47. The minimum Gasteiger partial charge on any atom is -0.383 e. The third-order valence-electron chi connectivity index (χ3n) is 2.66. The van der Waals surface area contributed by atoms with Crippen molar-refractivity contribution >= 4 is 10.0 Å². The van der Waals surface area contributed by atoms with Gasteiger partial charge in [0.2, 0.25) is 0 Å². The van der Waals surface area contributed by atoms with Crippen LogP contribution >= 0.6 is 0 Å². The van der Waals surface area contributed by atoms with Gasteiger partial charge in [-0.1, -0.05) is 6.92 Å². The Morgan fingerprint density at radius 3 is 2.76 bits per heavy atom. The molecule has 0 amide bonds. The minimum absolute atomic E-state index is 0.0709. The molecule has 0 aliphatic heterocycles. The van der Waals surface area contributed by atoms with Gasteiger partial charge in [-0.25, -0.2) is 13.4 Å². The molecule has 0 saturated carbocycles. The van der Waals surface area contributed by atoms with Gasteiger partial charge in [-0.05, 0) is 13.3 Å². The molecule has 0 fully saturated rings. The van der Waals surface area contributed by atoms with Gasteiger partial charge in [0, 0.05) is 19.7 Å². The maximum atomic E-state index is 12.3. The zero-order chi connectivity index (χ0) is 12.9. The predicted molar refractivity (Wildman–Crippen MR) is 64.1 cm³/mol. The lowest BCUT2D eigenvalue weighted by atomic mass is 10.3. The van der Waals surface area contributed by atoms with Crippen molar-refractivity contribution in [1.29, 1.82) is 0 Å². The molecule has 0 aliphatic carbocycles. The van der Waals surface area contributed by atoms with Crippen LogP contribution in [0.15, 0.2) is 17.6 Å². The minimum atomic E-state index is -3.51. The molecule has 6 nitrogen and oxygen atoms in total. The fraction of sp³-hybridized carbons (Fsp3) is 0.700. The first-order valence-corrected chi connectivity index (χ1v) is 6.97. The van der Waals surface area contributed by atoms with Crippen molar-refractivity contribution < 1.29 is 13.2 Å². The number of aromatic amines is 1. The van der Waals surface area contributed by atoms with Crippen LogP contribution in [0.1, 0.15) is 20.3 Å². The molecule has 1 rings (SSSR count). The molecule has 1 N–H and O–H groups in total. The summed E-state index contributed by atoms with van der Waals surface area (Å²) in [5.74, 6) is 0. The maximum absolute atomic E-state index is 12.3. The number of imidazole rings is 1. The van der Waals surface area contributed by atoms with Crippen molar-refractivity contribution in [2.75, 3.05) is 20.3 Å². The van der Waals surface area contributed by atoms with Crippen molar-refractivity contribution in [2.24, 2.45) is 0 Å². The molecule has 17 heavy (non-hydrogen) atoms.